The van der Waals surface area contributed by atoms with Gasteiger partial charge in [-0.1, -0.05) is 31.0 Å². The summed E-state index contributed by atoms with van der Waals surface area (Å²) in [6.07, 6.45) is 11.3. The normalized spacial score (nSPS) is 21.1. The van der Waals surface area contributed by atoms with Crippen LogP contribution in [0.2, 0.25) is 0 Å². The quantitative estimate of drug-likeness (QED) is 0.843. The minimum absolute atomic E-state index is 0.0953. The largest absolute Gasteiger partial charge is 0.490 e. The first-order valence-corrected chi connectivity index (χ1v) is 9.07. The Labute approximate surface area is 138 Å². The standard InChI is InChI=1S/C21H26O2/c22-15-16-3-4-18-14-20(6-5-17(18)13-16)23-19-7-11-21(12-8-19)9-1-2-10-21/h3-6,13-14,19,22H,1-2,7-12,15H2. The second-order valence-electron chi connectivity index (χ2n) is 7.53. The number of rotatable bonds is 3. The molecular weight excluding hydrogens is 284 g/mol. The first-order chi connectivity index (χ1) is 11.3. The highest BCUT2D eigenvalue weighted by atomic mass is 16.5. The molecule has 0 atom stereocenters. The highest BCUT2D eigenvalue weighted by Crippen LogP contribution is 2.49. The third-order valence-electron chi connectivity index (χ3n) is 6.02. The van der Waals surface area contributed by atoms with E-state index in [-0.39, 0.29) is 6.61 Å². The third-order valence-corrected chi connectivity index (χ3v) is 6.02. The first-order valence-electron chi connectivity index (χ1n) is 9.07. The first kappa shape index (κ1) is 15.0. The molecule has 0 aromatic heterocycles. The van der Waals surface area contributed by atoms with E-state index in [0.29, 0.717) is 11.5 Å². The van der Waals surface area contributed by atoms with Gasteiger partial charge < -0.3 is 9.84 Å². The molecular formula is C21H26O2. The lowest BCUT2D eigenvalue weighted by Crippen LogP contribution is -2.30. The van der Waals surface area contributed by atoms with Crippen LogP contribution in [-0.2, 0) is 6.61 Å². The molecule has 2 saturated carbocycles. The average molecular weight is 310 g/mol. The zero-order valence-electron chi connectivity index (χ0n) is 13.8. The number of aliphatic hydroxyl groups is 1. The fourth-order valence-electron chi connectivity index (χ4n) is 4.58. The van der Waals surface area contributed by atoms with Crippen molar-refractivity contribution in [2.45, 2.75) is 64.1 Å². The van der Waals surface area contributed by atoms with Crippen molar-refractivity contribution in [3.8, 4) is 5.75 Å². The summed E-state index contributed by atoms with van der Waals surface area (Å²) >= 11 is 0. The Hall–Kier alpha value is -1.54. The van der Waals surface area contributed by atoms with E-state index in [9.17, 15) is 5.11 Å². The molecule has 2 heteroatoms. The zero-order chi connectivity index (χ0) is 15.7. The van der Waals surface area contributed by atoms with Crippen molar-refractivity contribution in [1.29, 1.82) is 0 Å². The van der Waals surface area contributed by atoms with Crippen LogP contribution in [0.3, 0.4) is 0 Å². The molecule has 0 unspecified atom stereocenters. The van der Waals surface area contributed by atoms with Crippen LogP contribution in [0.15, 0.2) is 36.4 Å². The summed E-state index contributed by atoms with van der Waals surface area (Å²) in [5.41, 5.74) is 1.63. The van der Waals surface area contributed by atoms with Crippen LogP contribution in [0.5, 0.6) is 5.75 Å². The third kappa shape index (κ3) is 3.10. The summed E-state index contributed by atoms with van der Waals surface area (Å²) in [5.74, 6) is 0.988. The Kier molecular flexibility index (Phi) is 4.02. The van der Waals surface area contributed by atoms with Gasteiger partial charge in [-0.15, -0.1) is 0 Å². The van der Waals surface area contributed by atoms with Crippen molar-refractivity contribution >= 4 is 10.8 Å². The summed E-state index contributed by atoms with van der Waals surface area (Å²) in [5, 5.41) is 11.6. The van der Waals surface area contributed by atoms with Crippen LogP contribution in [-0.4, -0.2) is 11.2 Å². The number of hydrogen-bond donors (Lipinski definition) is 1. The van der Waals surface area contributed by atoms with Crippen LogP contribution in [0.1, 0.15) is 56.9 Å². The van der Waals surface area contributed by atoms with Gasteiger partial charge in [0.2, 0.25) is 0 Å². The fourth-order valence-corrected chi connectivity index (χ4v) is 4.58. The predicted octanol–water partition coefficient (Wildman–Crippen LogP) is 5.21. The van der Waals surface area contributed by atoms with E-state index in [2.05, 4.69) is 24.3 Å². The van der Waals surface area contributed by atoms with Gasteiger partial charge in [-0.25, -0.2) is 0 Å². The van der Waals surface area contributed by atoms with Gasteiger partial charge in [0.05, 0.1) is 12.7 Å². The molecule has 2 fully saturated rings. The number of fused-ring (bicyclic) bond motifs is 1. The lowest BCUT2D eigenvalue weighted by molar-refractivity contribution is 0.0825. The zero-order valence-corrected chi connectivity index (χ0v) is 13.8. The molecule has 0 heterocycles. The van der Waals surface area contributed by atoms with Gasteiger partial charge >= 0.3 is 0 Å². The molecule has 0 radical (unpaired) electrons. The molecule has 4 rings (SSSR count). The van der Waals surface area contributed by atoms with Crippen molar-refractivity contribution in [2.75, 3.05) is 0 Å². The lowest BCUT2D eigenvalue weighted by Gasteiger charge is -2.37. The highest BCUT2D eigenvalue weighted by Gasteiger charge is 2.37. The summed E-state index contributed by atoms with van der Waals surface area (Å²) in [6.45, 7) is 0.0953. The van der Waals surface area contributed by atoms with Crippen molar-refractivity contribution in [1.82, 2.24) is 0 Å². The van der Waals surface area contributed by atoms with E-state index < -0.39 is 0 Å². The molecule has 0 amide bonds. The monoisotopic (exact) mass is 310 g/mol. The Morgan fingerprint density at radius 2 is 1.61 bits per heavy atom. The molecule has 1 N–H and O–H groups in total. The molecule has 2 aromatic carbocycles. The summed E-state index contributed by atoms with van der Waals surface area (Å²) in [6, 6.07) is 12.4. The number of benzene rings is 2. The SMILES string of the molecule is OCc1ccc2cc(OC3CCC4(CCCC4)CC3)ccc2c1. The van der Waals surface area contributed by atoms with E-state index in [1.807, 2.05) is 12.1 Å². The van der Waals surface area contributed by atoms with Crippen molar-refractivity contribution in [3.63, 3.8) is 0 Å². The number of ether oxygens (including phenoxy) is 1. The maximum absolute atomic E-state index is 9.23. The molecule has 122 valence electrons. The number of aliphatic hydroxyl groups excluding tert-OH is 1. The van der Waals surface area contributed by atoms with E-state index in [4.69, 9.17) is 4.74 Å². The average Bonchev–Trinajstić information content (AvgIpc) is 3.05. The van der Waals surface area contributed by atoms with Crippen LogP contribution in [0, 0.1) is 5.41 Å². The Balaban J connectivity index is 1.44. The predicted molar refractivity (Wildman–Crippen MR) is 93.7 cm³/mol. The van der Waals surface area contributed by atoms with Gasteiger partial charge in [0.25, 0.3) is 0 Å². The van der Waals surface area contributed by atoms with Gasteiger partial charge in [0, 0.05) is 0 Å². The van der Waals surface area contributed by atoms with Gasteiger partial charge in [-0.3, -0.25) is 0 Å². The van der Waals surface area contributed by atoms with Crippen LogP contribution in [0.4, 0.5) is 0 Å². The van der Waals surface area contributed by atoms with Crippen molar-refractivity contribution in [2.24, 2.45) is 5.41 Å². The maximum atomic E-state index is 9.23. The molecule has 1 spiro atoms. The number of hydrogen-bond acceptors (Lipinski definition) is 2. The summed E-state index contributed by atoms with van der Waals surface area (Å²) in [7, 11) is 0. The Bertz CT molecular complexity index is 675. The molecule has 2 aliphatic rings. The molecule has 2 nitrogen and oxygen atoms in total. The molecule has 2 aliphatic carbocycles. The van der Waals surface area contributed by atoms with Crippen LogP contribution in [0.25, 0.3) is 10.8 Å². The van der Waals surface area contributed by atoms with E-state index in [0.717, 1.165) is 16.7 Å². The molecule has 2 aromatic rings. The summed E-state index contributed by atoms with van der Waals surface area (Å²) in [4.78, 5) is 0. The maximum Gasteiger partial charge on any atom is 0.120 e. The van der Waals surface area contributed by atoms with Gasteiger partial charge in [0.15, 0.2) is 0 Å². The van der Waals surface area contributed by atoms with Gasteiger partial charge in [0.1, 0.15) is 5.75 Å². The Morgan fingerprint density at radius 3 is 2.35 bits per heavy atom. The fraction of sp³-hybridized carbons (Fsp3) is 0.524. The van der Waals surface area contributed by atoms with E-state index in [1.54, 1.807) is 0 Å². The Morgan fingerprint density at radius 1 is 0.913 bits per heavy atom. The van der Waals surface area contributed by atoms with E-state index >= 15 is 0 Å². The second-order valence-corrected chi connectivity index (χ2v) is 7.53. The van der Waals surface area contributed by atoms with Crippen molar-refractivity contribution < 1.29 is 9.84 Å². The minimum atomic E-state index is 0.0953. The smallest absolute Gasteiger partial charge is 0.120 e. The lowest BCUT2D eigenvalue weighted by atomic mass is 9.72. The second kappa shape index (κ2) is 6.16. The summed E-state index contributed by atoms with van der Waals surface area (Å²) < 4.78 is 6.27. The molecule has 0 saturated heterocycles. The molecule has 23 heavy (non-hydrogen) atoms. The highest BCUT2D eigenvalue weighted by molar-refractivity contribution is 5.84. The van der Waals surface area contributed by atoms with E-state index in [1.165, 1.54) is 56.8 Å². The van der Waals surface area contributed by atoms with Gasteiger partial charge in [-0.05, 0) is 78.5 Å². The van der Waals surface area contributed by atoms with Crippen LogP contribution < -0.4 is 4.74 Å². The van der Waals surface area contributed by atoms with Crippen molar-refractivity contribution in [3.05, 3.63) is 42.0 Å². The van der Waals surface area contributed by atoms with Gasteiger partial charge in [-0.2, -0.15) is 0 Å². The molecule has 0 bridgehead atoms. The minimum Gasteiger partial charge on any atom is -0.490 e. The topological polar surface area (TPSA) is 29.5 Å². The van der Waals surface area contributed by atoms with Crippen LogP contribution >= 0.6 is 0 Å². The molecule has 0 aliphatic heterocycles.